The molecule has 4 heteroatoms. The highest BCUT2D eigenvalue weighted by molar-refractivity contribution is 5.85. The fourth-order valence-corrected chi connectivity index (χ4v) is 1.69. The van der Waals surface area contributed by atoms with Crippen LogP contribution in [-0.4, -0.2) is 23.8 Å². The molecule has 0 fully saturated rings. The van der Waals surface area contributed by atoms with E-state index in [1.54, 1.807) is 6.92 Å². The molecule has 0 unspecified atom stereocenters. The maximum Gasteiger partial charge on any atom is 0.320 e. The number of benzene rings is 2. The van der Waals surface area contributed by atoms with Crippen LogP contribution in [0.15, 0.2) is 42.5 Å². The van der Waals surface area contributed by atoms with E-state index < -0.39 is 12.0 Å². The molecule has 2 rings (SSSR count). The van der Waals surface area contributed by atoms with Crippen molar-refractivity contribution in [3.8, 4) is 0 Å². The minimum Gasteiger partial charge on any atom is -0.480 e. The summed E-state index contributed by atoms with van der Waals surface area (Å²) in [4.78, 5) is 10.6. The third kappa shape index (κ3) is 2.99. The van der Waals surface area contributed by atoms with Gasteiger partial charge in [0.2, 0.25) is 0 Å². The maximum atomic E-state index is 10.6. The Balaban J connectivity index is 1.98. The predicted molar refractivity (Wildman–Crippen MR) is 72.7 cm³/mol. The number of nitrogens with one attached hydrogen (secondary N) is 2. The summed E-state index contributed by atoms with van der Waals surface area (Å²) in [5, 5.41) is 17.1. The van der Waals surface area contributed by atoms with Gasteiger partial charge in [0.25, 0.3) is 0 Å². The zero-order valence-corrected chi connectivity index (χ0v) is 10.2. The van der Waals surface area contributed by atoms with Crippen molar-refractivity contribution in [2.75, 3.05) is 12.0 Å². The summed E-state index contributed by atoms with van der Waals surface area (Å²) in [7, 11) is 0. The lowest BCUT2D eigenvalue weighted by Gasteiger charge is -2.11. The van der Waals surface area contributed by atoms with Crippen LogP contribution in [-0.2, 0) is 4.79 Å². The molecule has 3 N–H and O–H groups in total. The second kappa shape index (κ2) is 5.51. The van der Waals surface area contributed by atoms with E-state index in [-0.39, 0.29) is 0 Å². The molecule has 0 saturated heterocycles. The van der Waals surface area contributed by atoms with Crippen LogP contribution in [0, 0.1) is 0 Å². The van der Waals surface area contributed by atoms with Crippen LogP contribution in [0.3, 0.4) is 0 Å². The molecule has 0 aliphatic heterocycles. The van der Waals surface area contributed by atoms with Crippen molar-refractivity contribution in [2.45, 2.75) is 13.0 Å². The van der Waals surface area contributed by atoms with Gasteiger partial charge < -0.3 is 10.4 Å². The number of carboxylic acid groups (broad SMARTS) is 1. The zero-order chi connectivity index (χ0) is 13.0. The Kier molecular flexibility index (Phi) is 3.79. The van der Waals surface area contributed by atoms with Gasteiger partial charge in [-0.3, -0.25) is 10.1 Å². The van der Waals surface area contributed by atoms with Gasteiger partial charge in [0.1, 0.15) is 6.04 Å². The summed E-state index contributed by atoms with van der Waals surface area (Å²) in [6.07, 6.45) is 0. The molecule has 0 saturated carbocycles. The summed E-state index contributed by atoms with van der Waals surface area (Å²) in [5.74, 6) is -0.852. The molecule has 2 aromatic rings. The fourth-order valence-electron chi connectivity index (χ4n) is 1.69. The third-order valence-electron chi connectivity index (χ3n) is 2.82. The van der Waals surface area contributed by atoms with Crippen LogP contribution in [0.4, 0.5) is 5.69 Å². The van der Waals surface area contributed by atoms with Crippen molar-refractivity contribution < 1.29 is 9.90 Å². The first-order valence-corrected chi connectivity index (χ1v) is 5.85. The molecule has 0 aliphatic rings. The molecule has 18 heavy (non-hydrogen) atoms. The number of hydrogen-bond donors (Lipinski definition) is 3. The largest absolute Gasteiger partial charge is 0.480 e. The lowest BCUT2D eigenvalue weighted by molar-refractivity contribution is -0.138. The highest BCUT2D eigenvalue weighted by Crippen LogP contribution is 2.18. The first kappa shape index (κ1) is 12.4. The molecule has 0 aromatic heterocycles. The molecule has 0 bridgehead atoms. The maximum absolute atomic E-state index is 10.6. The van der Waals surface area contributed by atoms with Crippen molar-refractivity contribution in [2.24, 2.45) is 0 Å². The first-order chi connectivity index (χ1) is 8.66. The van der Waals surface area contributed by atoms with Gasteiger partial charge in [0.05, 0.1) is 6.67 Å². The monoisotopic (exact) mass is 244 g/mol. The van der Waals surface area contributed by atoms with Crippen LogP contribution in [0.5, 0.6) is 0 Å². The van der Waals surface area contributed by atoms with E-state index in [2.05, 4.69) is 16.7 Å². The minimum absolute atomic E-state index is 0.422. The van der Waals surface area contributed by atoms with E-state index in [9.17, 15) is 4.79 Å². The molecular formula is C14H16N2O2. The average Bonchev–Trinajstić information content (AvgIpc) is 2.38. The van der Waals surface area contributed by atoms with E-state index in [1.807, 2.05) is 36.4 Å². The van der Waals surface area contributed by atoms with Crippen LogP contribution in [0.2, 0.25) is 0 Å². The highest BCUT2D eigenvalue weighted by atomic mass is 16.4. The van der Waals surface area contributed by atoms with E-state index >= 15 is 0 Å². The van der Waals surface area contributed by atoms with Gasteiger partial charge in [-0.1, -0.05) is 30.3 Å². The molecule has 0 heterocycles. The summed E-state index contributed by atoms with van der Waals surface area (Å²) in [5.41, 5.74) is 0.971. The third-order valence-corrected chi connectivity index (χ3v) is 2.82. The number of carboxylic acids is 1. The van der Waals surface area contributed by atoms with Crippen LogP contribution >= 0.6 is 0 Å². The Hall–Kier alpha value is -2.07. The quantitative estimate of drug-likeness (QED) is 0.706. The van der Waals surface area contributed by atoms with Crippen molar-refractivity contribution >= 4 is 22.4 Å². The Morgan fingerprint density at radius 2 is 1.94 bits per heavy atom. The summed E-state index contributed by atoms with van der Waals surface area (Å²) >= 11 is 0. The van der Waals surface area contributed by atoms with E-state index in [1.165, 1.54) is 5.39 Å². The van der Waals surface area contributed by atoms with Crippen LogP contribution < -0.4 is 10.6 Å². The lowest BCUT2D eigenvalue weighted by atomic mass is 10.1. The Morgan fingerprint density at radius 1 is 1.22 bits per heavy atom. The van der Waals surface area contributed by atoms with E-state index in [0.29, 0.717) is 6.67 Å². The highest BCUT2D eigenvalue weighted by Gasteiger charge is 2.08. The second-order valence-electron chi connectivity index (χ2n) is 4.18. The van der Waals surface area contributed by atoms with Gasteiger partial charge in [-0.2, -0.15) is 0 Å². The number of rotatable bonds is 5. The first-order valence-electron chi connectivity index (χ1n) is 5.85. The predicted octanol–water partition coefficient (Wildman–Crippen LogP) is 2.27. The van der Waals surface area contributed by atoms with Gasteiger partial charge in [-0.25, -0.2) is 0 Å². The van der Waals surface area contributed by atoms with Crippen molar-refractivity contribution in [3.05, 3.63) is 42.5 Å². The number of aliphatic carboxylic acids is 1. The van der Waals surface area contributed by atoms with Gasteiger partial charge in [-0.15, -0.1) is 0 Å². The summed E-state index contributed by atoms with van der Waals surface area (Å²) < 4.78 is 0. The van der Waals surface area contributed by atoms with Gasteiger partial charge >= 0.3 is 5.97 Å². The molecule has 0 spiro atoms. The number of anilines is 1. The zero-order valence-electron chi connectivity index (χ0n) is 10.2. The molecule has 2 aromatic carbocycles. The standard InChI is InChI=1S/C14H16N2O2/c1-10(14(17)18)15-9-16-13-7-6-11-4-2-3-5-12(11)8-13/h2-8,10,15-16H,9H2,1H3,(H,17,18)/t10-/m0/s1. The SMILES string of the molecule is C[C@H](NCNc1ccc2ccccc2c1)C(=O)O. The number of carbonyl (C=O) groups is 1. The molecule has 0 aliphatic carbocycles. The molecule has 0 radical (unpaired) electrons. The molecule has 0 amide bonds. The van der Waals surface area contributed by atoms with Crippen molar-refractivity contribution in [1.82, 2.24) is 5.32 Å². The number of fused-ring (bicyclic) bond motifs is 1. The summed E-state index contributed by atoms with van der Waals surface area (Å²) in [6, 6.07) is 13.6. The average molecular weight is 244 g/mol. The van der Waals surface area contributed by atoms with Crippen LogP contribution in [0.1, 0.15) is 6.92 Å². The molecular weight excluding hydrogens is 228 g/mol. The molecule has 4 nitrogen and oxygen atoms in total. The van der Waals surface area contributed by atoms with Gasteiger partial charge in [-0.05, 0) is 29.8 Å². The summed E-state index contributed by atoms with van der Waals surface area (Å²) in [6.45, 7) is 2.04. The fraction of sp³-hybridized carbons (Fsp3) is 0.214. The number of hydrogen-bond acceptors (Lipinski definition) is 3. The van der Waals surface area contributed by atoms with Crippen molar-refractivity contribution in [1.29, 1.82) is 0 Å². The topological polar surface area (TPSA) is 61.4 Å². The van der Waals surface area contributed by atoms with Crippen molar-refractivity contribution in [3.63, 3.8) is 0 Å². The van der Waals surface area contributed by atoms with E-state index in [0.717, 1.165) is 11.1 Å². The Bertz CT molecular complexity index is 554. The smallest absolute Gasteiger partial charge is 0.320 e. The minimum atomic E-state index is -0.852. The van der Waals surface area contributed by atoms with Gasteiger partial charge in [0.15, 0.2) is 0 Å². The lowest BCUT2D eigenvalue weighted by Crippen LogP contribution is -2.36. The second-order valence-corrected chi connectivity index (χ2v) is 4.18. The molecule has 94 valence electrons. The molecule has 1 atom stereocenters. The normalized spacial score (nSPS) is 12.3. The Morgan fingerprint density at radius 3 is 2.67 bits per heavy atom. The van der Waals surface area contributed by atoms with Crippen LogP contribution in [0.25, 0.3) is 10.8 Å². The van der Waals surface area contributed by atoms with Gasteiger partial charge in [0, 0.05) is 5.69 Å². The Labute approximate surface area is 106 Å². The van der Waals surface area contributed by atoms with E-state index in [4.69, 9.17) is 5.11 Å².